The van der Waals surface area contributed by atoms with Gasteiger partial charge in [-0.2, -0.15) is 0 Å². The van der Waals surface area contributed by atoms with Crippen LogP contribution < -0.4 is 9.64 Å². The van der Waals surface area contributed by atoms with Crippen LogP contribution in [0.2, 0.25) is 0 Å². The molecular weight excluding hydrogens is 326 g/mol. The molecule has 2 unspecified atom stereocenters. The molecule has 3 heterocycles. The monoisotopic (exact) mass is 348 g/mol. The van der Waals surface area contributed by atoms with Gasteiger partial charge in [-0.15, -0.1) is 0 Å². The summed E-state index contributed by atoms with van der Waals surface area (Å²) >= 11 is 0. The molecule has 0 amide bonds. The number of benzene rings is 1. The summed E-state index contributed by atoms with van der Waals surface area (Å²) < 4.78 is 35.6. The molecule has 0 radical (unpaired) electrons. The highest BCUT2D eigenvalue weighted by Gasteiger charge is 2.42. The highest BCUT2D eigenvalue weighted by atomic mass is 19.1. The molecule has 0 aromatic heterocycles. The summed E-state index contributed by atoms with van der Waals surface area (Å²) in [5.41, 5.74) is 0.643. The molecule has 25 heavy (non-hydrogen) atoms. The Morgan fingerprint density at radius 2 is 1.92 bits per heavy atom. The van der Waals surface area contributed by atoms with Crippen molar-refractivity contribution in [1.82, 2.24) is 9.80 Å². The Balaban J connectivity index is 2.00. The third-order valence-electron chi connectivity index (χ3n) is 5.34. The van der Waals surface area contributed by atoms with Crippen molar-refractivity contribution in [3.05, 3.63) is 35.2 Å². The van der Waals surface area contributed by atoms with Crippen molar-refractivity contribution < 1.29 is 13.5 Å². The Hall–Kier alpha value is -2.15. The predicted molar refractivity (Wildman–Crippen MR) is 93.3 cm³/mol. The molecule has 5 nitrogen and oxygen atoms in total. The Labute approximate surface area is 146 Å². The van der Waals surface area contributed by atoms with Crippen LogP contribution in [0.25, 0.3) is 0 Å². The fourth-order valence-corrected chi connectivity index (χ4v) is 4.11. The molecule has 1 aromatic rings. The Bertz CT molecular complexity index is 807. The minimum atomic E-state index is -0.647. The number of piperazine rings is 1. The summed E-state index contributed by atoms with van der Waals surface area (Å²) in [6.07, 6.45) is 0. The van der Waals surface area contributed by atoms with E-state index < -0.39 is 11.6 Å². The lowest BCUT2D eigenvalue weighted by Gasteiger charge is -2.45. The largest absolute Gasteiger partial charge is 0.487 e. The molecule has 1 saturated heterocycles. The van der Waals surface area contributed by atoms with Crippen LogP contribution in [0.1, 0.15) is 18.1 Å². The topological polar surface area (TPSA) is 31.3 Å². The molecule has 0 saturated carbocycles. The normalized spacial score (nSPS) is 25.8. The maximum Gasteiger partial charge on any atom is 0.171 e. The van der Waals surface area contributed by atoms with Gasteiger partial charge in [-0.25, -0.2) is 13.8 Å². The van der Waals surface area contributed by atoms with E-state index in [1.807, 2.05) is 0 Å². The van der Waals surface area contributed by atoms with Gasteiger partial charge in [0, 0.05) is 31.7 Å². The van der Waals surface area contributed by atoms with Crippen LogP contribution in [-0.4, -0.2) is 61.5 Å². The van der Waals surface area contributed by atoms with Crippen molar-refractivity contribution in [2.75, 3.05) is 38.7 Å². The lowest BCUT2D eigenvalue weighted by Crippen LogP contribution is -2.60. The zero-order valence-electron chi connectivity index (χ0n) is 14.9. The second-order valence-electron chi connectivity index (χ2n) is 7.16. The van der Waals surface area contributed by atoms with Gasteiger partial charge in [0.05, 0.1) is 17.3 Å². The lowest BCUT2D eigenvalue weighted by molar-refractivity contribution is 0.0757. The van der Waals surface area contributed by atoms with Crippen LogP contribution in [0, 0.1) is 18.6 Å². The molecule has 1 aromatic carbocycles. The summed E-state index contributed by atoms with van der Waals surface area (Å²) in [6, 6.07) is 0.167. The van der Waals surface area contributed by atoms with E-state index in [1.165, 1.54) is 6.92 Å². The quantitative estimate of drug-likeness (QED) is 0.720. The number of ether oxygens (including phenoxy) is 1. The van der Waals surface area contributed by atoms with Gasteiger partial charge >= 0.3 is 0 Å². The molecule has 2 atom stereocenters. The van der Waals surface area contributed by atoms with Gasteiger partial charge in [-0.05, 0) is 20.9 Å². The molecule has 1 fully saturated rings. The van der Waals surface area contributed by atoms with E-state index in [4.69, 9.17) is 4.74 Å². The summed E-state index contributed by atoms with van der Waals surface area (Å²) in [5, 5.41) is 0. The number of rotatable bonds is 0. The Morgan fingerprint density at radius 3 is 2.64 bits per heavy atom. The maximum atomic E-state index is 14.9. The van der Waals surface area contributed by atoms with E-state index in [2.05, 4.69) is 35.3 Å². The first-order valence-electron chi connectivity index (χ1n) is 8.44. The summed E-state index contributed by atoms with van der Waals surface area (Å²) in [5.74, 6) is -0.141. The van der Waals surface area contributed by atoms with E-state index in [0.29, 0.717) is 23.8 Å². The van der Waals surface area contributed by atoms with Gasteiger partial charge in [0.15, 0.2) is 17.4 Å². The number of halogens is 2. The van der Waals surface area contributed by atoms with Gasteiger partial charge in [-0.3, -0.25) is 0 Å². The zero-order chi connectivity index (χ0) is 18.0. The molecule has 134 valence electrons. The number of aliphatic imine (C=N–C) groups is 1. The number of anilines is 1. The van der Waals surface area contributed by atoms with Crippen LogP contribution in [0.3, 0.4) is 0 Å². The van der Waals surface area contributed by atoms with Crippen LogP contribution >= 0.6 is 0 Å². The van der Waals surface area contributed by atoms with E-state index in [9.17, 15) is 8.78 Å². The Kier molecular flexibility index (Phi) is 3.54. The molecular formula is C18H22F2N4O. The highest BCUT2D eigenvalue weighted by molar-refractivity contribution is 6.09. The van der Waals surface area contributed by atoms with Gasteiger partial charge in [0.2, 0.25) is 0 Å². The fraction of sp³-hybridized carbons (Fsp3) is 0.500. The van der Waals surface area contributed by atoms with Crippen molar-refractivity contribution in [2.45, 2.75) is 25.9 Å². The van der Waals surface area contributed by atoms with Crippen LogP contribution in [0.4, 0.5) is 14.5 Å². The third kappa shape index (κ3) is 2.18. The number of likely N-dealkylation sites (N-methyl/N-ethyl adjacent to an activating group) is 1. The van der Waals surface area contributed by atoms with Crippen molar-refractivity contribution in [1.29, 1.82) is 0 Å². The number of amidine groups is 1. The van der Waals surface area contributed by atoms with Gasteiger partial charge in [0.25, 0.3) is 0 Å². The van der Waals surface area contributed by atoms with Crippen molar-refractivity contribution in [3.63, 3.8) is 0 Å². The summed E-state index contributed by atoms with van der Waals surface area (Å²) in [6.45, 7) is 9.43. The van der Waals surface area contributed by atoms with Crippen LogP contribution in [-0.2, 0) is 0 Å². The molecule has 0 N–H and O–H groups in total. The lowest BCUT2D eigenvalue weighted by atomic mass is 10.00. The van der Waals surface area contributed by atoms with Gasteiger partial charge in [0.1, 0.15) is 18.3 Å². The smallest absolute Gasteiger partial charge is 0.171 e. The van der Waals surface area contributed by atoms with Crippen molar-refractivity contribution >= 4 is 11.5 Å². The molecule has 4 rings (SSSR count). The standard InChI is InChI=1S/C18H22F2N4O/c1-9-6-22(4)7-12-8-25-17-13-16(14(19)10(2)15(17)20)23(5)11(3)21-18(13)24(9)12/h9,12H,3,6-8H2,1-2,4-5H3. The molecule has 3 aliphatic heterocycles. The SMILES string of the molecule is C=C1N=C2c3c(c(F)c(C)c(F)c3N1C)OCC1CN(C)CC(C)N21. The summed E-state index contributed by atoms with van der Waals surface area (Å²) in [4.78, 5) is 10.5. The summed E-state index contributed by atoms with van der Waals surface area (Å²) in [7, 11) is 3.74. The maximum absolute atomic E-state index is 14.9. The fourth-order valence-electron chi connectivity index (χ4n) is 4.11. The van der Waals surface area contributed by atoms with Crippen LogP contribution in [0.15, 0.2) is 17.4 Å². The molecule has 7 heteroatoms. The number of hydrogen-bond acceptors (Lipinski definition) is 5. The second kappa shape index (κ2) is 5.42. The van der Waals surface area contributed by atoms with Crippen molar-refractivity contribution in [3.8, 4) is 5.75 Å². The molecule has 0 aliphatic carbocycles. The van der Waals surface area contributed by atoms with Gasteiger partial charge < -0.3 is 19.4 Å². The highest BCUT2D eigenvalue weighted by Crippen LogP contribution is 2.44. The molecule has 0 spiro atoms. The number of nitrogens with zero attached hydrogens (tertiary/aromatic N) is 4. The molecule has 0 bridgehead atoms. The van der Waals surface area contributed by atoms with Crippen molar-refractivity contribution in [2.24, 2.45) is 4.99 Å². The minimum absolute atomic E-state index is 0.0201. The Morgan fingerprint density at radius 1 is 1.20 bits per heavy atom. The molecule has 3 aliphatic rings. The minimum Gasteiger partial charge on any atom is -0.487 e. The van der Waals surface area contributed by atoms with Crippen LogP contribution in [0.5, 0.6) is 5.75 Å². The zero-order valence-corrected chi connectivity index (χ0v) is 14.9. The second-order valence-corrected chi connectivity index (χ2v) is 7.16. The average Bonchev–Trinajstić information content (AvgIpc) is 2.70. The first-order valence-corrected chi connectivity index (χ1v) is 8.44. The van der Waals surface area contributed by atoms with Gasteiger partial charge in [-0.1, -0.05) is 6.58 Å². The van der Waals surface area contributed by atoms with E-state index in [-0.39, 0.29) is 29.1 Å². The first-order chi connectivity index (χ1) is 11.8. The van der Waals surface area contributed by atoms with E-state index >= 15 is 0 Å². The van der Waals surface area contributed by atoms with E-state index in [0.717, 1.165) is 13.1 Å². The first kappa shape index (κ1) is 16.3. The van der Waals surface area contributed by atoms with E-state index in [1.54, 1.807) is 11.9 Å². The third-order valence-corrected chi connectivity index (χ3v) is 5.34. The number of hydrogen-bond donors (Lipinski definition) is 0. The average molecular weight is 348 g/mol. The predicted octanol–water partition coefficient (Wildman–Crippen LogP) is 2.34. The number of fused-ring (bicyclic) bond motifs is 2.